The molecule has 0 heterocycles. The van der Waals surface area contributed by atoms with Crippen molar-refractivity contribution < 1.29 is 0 Å². The fraction of sp³-hybridized carbons (Fsp3) is 0.667. The smallest absolute Gasteiger partial charge is 0.0325 e. The van der Waals surface area contributed by atoms with Gasteiger partial charge in [0, 0.05) is 6.04 Å². The number of nitrogens with one attached hydrogen (secondary N) is 1. The molecule has 1 aliphatic rings. The lowest BCUT2D eigenvalue weighted by atomic mass is 9.79. The fourth-order valence-electron chi connectivity index (χ4n) is 2.91. The normalized spacial score (nSPS) is 18.1. The maximum absolute atomic E-state index is 3.63. The quantitative estimate of drug-likeness (QED) is 0.781. The van der Waals surface area contributed by atoms with Crippen molar-refractivity contribution in [2.24, 2.45) is 5.41 Å². The Morgan fingerprint density at radius 1 is 1.16 bits per heavy atom. The molecule has 1 N–H and O–H groups in total. The van der Waals surface area contributed by atoms with Crippen LogP contribution in [0.15, 0.2) is 24.3 Å². The lowest BCUT2D eigenvalue weighted by Crippen LogP contribution is -2.25. The van der Waals surface area contributed by atoms with E-state index in [-0.39, 0.29) is 0 Å². The van der Waals surface area contributed by atoms with Crippen molar-refractivity contribution in [1.29, 1.82) is 0 Å². The molecular weight excluding hydrogens is 230 g/mol. The Kier molecular flexibility index (Phi) is 4.67. The molecule has 0 aromatic heterocycles. The summed E-state index contributed by atoms with van der Waals surface area (Å²) in [5, 5.41) is 3.63. The number of rotatable bonds is 5. The molecule has 0 aliphatic heterocycles. The maximum Gasteiger partial charge on any atom is 0.0325 e. The molecule has 1 nitrogen and oxygen atoms in total. The molecule has 0 saturated heterocycles. The van der Waals surface area contributed by atoms with E-state index >= 15 is 0 Å². The van der Waals surface area contributed by atoms with Crippen molar-refractivity contribution in [3.05, 3.63) is 35.4 Å². The molecule has 0 amide bonds. The van der Waals surface area contributed by atoms with Gasteiger partial charge in [-0.05, 0) is 48.3 Å². The van der Waals surface area contributed by atoms with Crippen LogP contribution in [0.25, 0.3) is 0 Å². The topological polar surface area (TPSA) is 12.0 Å². The predicted molar refractivity (Wildman–Crippen MR) is 83.5 cm³/mol. The van der Waals surface area contributed by atoms with Gasteiger partial charge >= 0.3 is 0 Å². The van der Waals surface area contributed by atoms with Gasteiger partial charge in [-0.2, -0.15) is 0 Å². The van der Waals surface area contributed by atoms with Crippen LogP contribution in [0.5, 0.6) is 0 Å². The molecule has 1 atom stereocenters. The highest BCUT2D eigenvalue weighted by Crippen LogP contribution is 2.37. The second-order valence-corrected chi connectivity index (χ2v) is 7.17. The molecule has 1 unspecified atom stereocenters. The lowest BCUT2D eigenvalue weighted by molar-refractivity contribution is 0.314. The molecule has 1 heteroatoms. The van der Waals surface area contributed by atoms with E-state index in [0.29, 0.717) is 11.5 Å². The molecule has 1 aliphatic carbocycles. The molecule has 1 aromatic carbocycles. The first-order chi connectivity index (χ1) is 8.99. The summed E-state index contributed by atoms with van der Waals surface area (Å²) in [6, 6.07) is 9.87. The van der Waals surface area contributed by atoms with Gasteiger partial charge in [-0.3, -0.25) is 0 Å². The van der Waals surface area contributed by atoms with E-state index in [0.717, 1.165) is 12.5 Å². The second kappa shape index (κ2) is 6.09. The Balaban J connectivity index is 2.07. The van der Waals surface area contributed by atoms with Crippen LogP contribution in [-0.4, -0.2) is 6.54 Å². The standard InChI is InChI=1S/C18H29N/c1-5-19-17(13-18(2,3)4)16-11-9-15(10-12-16)14-7-6-8-14/h9-12,14,17,19H,5-8,13H2,1-4H3. The molecule has 19 heavy (non-hydrogen) atoms. The van der Waals surface area contributed by atoms with Crippen LogP contribution in [0.3, 0.4) is 0 Å². The Hall–Kier alpha value is -0.820. The van der Waals surface area contributed by atoms with E-state index in [9.17, 15) is 0 Å². The zero-order valence-corrected chi connectivity index (χ0v) is 13.0. The summed E-state index contributed by atoms with van der Waals surface area (Å²) >= 11 is 0. The summed E-state index contributed by atoms with van der Waals surface area (Å²) in [5.74, 6) is 0.842. The molecule has 1 saturated carbocycles. The summed E-state index contributed by atoms with van der Waals surface area (Å²) < 4.78 is 0. The summed E-state index contributed by atoms with van der Waals surface area (Å²) in [6.07, 6.45) is 5.37. The Labute approximate surface area is 118 Å². The van der Waals surface area contributed by atoms with Crippen LogP contribution in [0.2, 0.25) is 0 Å². The van der Waals surface area contributed by atoms with Crippen LogP contribution >= 0.6 is 0 Å². The maximum atomic E-state index is 3.63. The summed E-state index contributed by atoms with van der Waals surface area (Å²) in [4.78, 5) is 0. The van der Waals surface area contributed by atoms with Gasteiger partial charge < -0.3 is 5.32 Å². The highest BCUT2D eigenvalue weighted by Gasteiger charge is 2.21. The van der Waals surface area contributed by atoms with Gasteiger partial charge in [-0.25, -0.2) is 0 Å². The van der Waals surface area contributed by atoms with E-state index in [1.165, 1.54) is 31.2 Å². The van der Waals surface area contributed by atoms with E-state index in [4.69, 9.17) is 0 Å². The summed E-state index contributed by atoms with van der Waals surface area (Å²) in [6.45, 7) is 10.2. The van der Waals surface area contributed by atoms with E-state index in [2.05, 4.69) is 57.3 Å². The fourth-order valence-corrected chi connectivity index (χ4v) is 2.91. The van der Waals surface area contributed by atoms with Crippen LogP contribution in [0.1, 0.15) is 76.5 Å². The van der Waals surface area contributed by atoms with Gasteiger partial charge in [0.25, 0.3) is 0 Å². The van der Waals surface area contributed by atoms with Crippen molar-refractivity contribution in [2.45, 2.75) is 65.3 Å². The third kappa shape index (κ3) is 4.07. The average molecular weight is 259 g/mol. The van der Waals surface area contributed by atoms with Crippen molar-refractivity contribution in [2.75, 3.05) is 6.54 Å². The minimum atomic E-state index is 0.361. The minimum absolute atomic E-state index is 0.361. The first-order valence-electron chi connectivity index (χ1n) is 7.83. The third-order valence-electron chi connectivity index (χ3n) is 4.18. The minimum Gasteiger partial charge on any atom is -0.310 e. The Morgan fingerprint density at radius 2 is 1.79 bits per heavy atom. The molecular formula is C18H29N. The molecule has 1 aromatic rings. The average Bonchev–Trinajstić information content (AvgIpc) is 2.25. The van der Waals surface area contributed by atoms with Crippen molar-refractivity contribution in [3.8, 4) is 0 Å². The van der Waals surface area contributed by atoms with E-state index < -0.39 is 0 Å². The predicted octanol–water partition coefficient (Wildman–Crippen LogP) is 5.04. The largest absolute Gasteiger partial charge is 0.310 e. The van der Waals surface area contributed by atoms with Crippen LogP contribution < -0.4 is 5.32 Å². The monoisotopic (exact) mass is 259 g/mol. The van der Waals surface area contributed by atoms with Gasteiger partial charge in [0.2, 0.25) is 0 Å². The number of hydrogen-bond acceptors (Lipinski definition) is 1. The molecule has 0 radical (unpaired) electrons. The number of benzene rings is 1. The highest BCUT2D eigenvalue weighted by molar-refractivity contribution is 5.28. The lowest BCUT2D eigenvalue weighted by Gasteiger charge is -2.29. The molecule has 1 fully saturated rings. The molecule has 2 rings (SSSR count). The molecule has 0 spiro atoms. The van der Waals surface area contributed by atoms with Gasteiger partial charge in [-0.1, -0.05) is 58.4 Å². The zero-order chi connectivity index (χ0) is 13.9. The highest BCUT2D eigenvalue weighted by atomic mass is 14.9. The van der Waals surface area contributed by atoms with Gasteiger partial charge in [0.15, 0.2) is 0 Å². The van der Waals surface area contributed by atoms with Crippen LogP contribution in [0, 0.1) is 5.41 Å². The van der Waals surface area contributed by atoms with Crippen LogP contribution in [-0.2, 0) is 0 Å². The van der Waals surface area contributed by atoms with Gasteiger partial charge in [0.1, 0.15) is 0 Å². The Morgan fingerprint density at radius 3 is 2.21 bits per heavy atom. The first-order valence-corrected chi connectivity index (χ1v) is 7.83. The van der Waals surface area contributed by atoms with Crippen molar-refractivity contribution >= 4 is 0 Å². The molecule has 106 valence electrons. The zero-order valence-electron chi connectivity index (χ0n) is 13.0. The molecule has 0 bridgehead atoms. The third-order valence-corrected chi connectivity index (χ3v) is 4.18. The second-order valence-electron chi connectivity index (χ2n) is 7.17. The number of hydrogen-bond donors (Lipinski definition) is 1. The van der Waals surface area contributed by atoms with E-state index in [1.54, 1.807) is 5.56 Å². The first kappa shape index (κ1) is 14.6. The Bertz CT molecular complexity index is 381. The van der Waals surface area contributed by atoms with Gasteiger partial charge in [-0.15, -0.1) is 0 Å². The SMILES string of the molecule is CCNC(CC(C)(C)C)c1ccc(C2CCC2)cc1. The summed E-state index contributed by atoms with van der Waals surface area (Å²) in [7, 11) is 0. The van der Waals surface area contributed by atoms with Crippen molar-refractivity contribution in [1.82, 2.24) is 5.32 Å². The van der Waals surface area contributed by atoms with E-state index in [1.807, 2.05) is 0 Å². The summed E-state index contributed by atoms with van der Waals surface area (Å²) in [5.41, 5.74) is 3.35. The van der Waals surface area contributed by atoms with Crippen LogP contribution in [0.4, 0.5) is 0 Å². The van der Waals surface area contributed by atoms with Crippen molar-refractivity contribution in [3.63, 3.8) is 0 Å². The van der Waals surface area contributed by atoms with Gasteiger partial charge in [0.05, 0.1) is 0 Å².